The highest BCUT2D eigenvalue weighted by atomic mass is 32.2. The van der Waals surface area contributed by atoms with Crippen molar-refractivity contribution in [3.63, 3.8) is 0 Å². The SMILES string of the molecule is N#C/C(=C\c1cccc(C(F)(F)F)c1)C(=O)Nc1ccc(SC(F)F)cc1. The fourth-order valence-corrected chi connectivity index (χ4v) is 2.54. The molecule has 0 spiro atoms. The normalized spacial score (nSPS) is 12.0. The van der Waals surface area contributed by atoms with Gasteiger partial charge < -0.3 is 5.32 Å². The lowest BCUT2D eigenvalue weighted by Gasteiger charge is -2.08. The third kappa shape index (κ3) is 6.11. The number of nitrogens with zero attached hydrogens (tertiary/aromatic N) is 1. The first-order valence-corrected chi connectivity index (χ1v) is 8.22. The number of nitriles is 1. The summed E-state index contributed by atoms with van der Waals surface area (Å²) in [5, 5.41) is 11.5. The van der Waals surface area contributed by atoms with Gasteiger partial charge in [0.1, 0.15) is 11.6 Å². The monoisotopic (exact) mass is 398 g/mol. The van der Waals surface area contributed by atoms with Crippen molar-refractivity contribution >= 4 is 29.4 Å². The van der Waals surface area contributed by atoms with Crippen molar-refractivity contribution in [2.24, 2.45) is 0 Å². The van der Waals surface area contributed by atoms with Crippen molar-refractivity contribution in [3.05, 3.63) is 65.2 Å². The summed E-state index contributed by atoms with van der Waals surface area (Å²) in [7, 11) is 0. The molecule has 0 aliphatic rings. The number of nitrogens with one attached hydrogen (secondary N) is 1. The number of anilines is 1. The first-order chi connectivity index (χ1) is 12.7. The Hall–Kier alpha value is -2.86. The molecule has 1 amide bonds. The van der Waals surface area contributed by atoms with Crippen molar-refractivity contribution in [1.29, 1.82) is 5.26 Å². The quantitative estimate of drug-likeness (QED) is 0.310. The van der Waals surface area contributed by atoms with Crippen LogP contribution in [0.1, 0.15) is 11.1 Å². The highest BCUT2D eigenvalue weighted by Gasteiger charge is 2.30. The van der Waals surface area contributed by atoms with Gasteiger partial charge >= 0.3 is 6.18 Å². The van der Waals surface area contributed by atoms with Gasteiger partial charge in [0, 0.05) is 10.6 Å². The molecule has 0 bridgehead atoms. The Morgan fingerprint density at radius 2 is 1.81 bits per heavy atom. The lowest BCUT2D eigenvalue weighted by atomic mass is 10.1. The van der Waals surface area contributed by atoms with Crippen LogP contribution in [0.4, 0.5) is 27.6 Å². The molecule has 27 heavy (non-hydrogen) atoms. The highest BCUT2D eigenvalue weighted by molar-refractivity contribution is 7.99. The van der Waals surface area contributed by atoms with Crippen molar-refractivity contribution in [2.45, 2.75) is 16.8 Å². The van der Waals surface area contributed by atoms with E-state index in [1.165, 1.54) is 36.4 Å². The molecule has 2 aromatic rings. The second-order valence-corrected chi connectivity index (χ2v) is 6.21. The lowest BCUT2D eigenvalue weighted by Crippen LogP contribution is -2.13. The lowest BCUT2D eigenvalue weighted by molar-refractivity contribution is -0.137. The zero-order valence-electron chi connectivity index (χ0n) is 13.4. The van der Waals surface area contributed by atoms with Gasteiger partial charge in [-0.05, 0) is 48.0 Å². The first-order valence-electron chi connectivity index (χ1n) is 7.34. The number of amides is 1. The predicted octanol–water partition coefficient (Wildman–Crippen LogP) is 5.57. The number of benzene rings is 2. The van der Waals surface area contributed by atoms with Crippen LogP contribution in [0.3, 0.4) is 0 Å². The largest absolute Gasteiger partial charge is 0.416 e. The van der Waals surface area contributed by atoms with Crippen LogP contribution in [0.25, 0.3) is 6.08 Å². The second-order valence-electron chi connectivity index (χ2n) is 5.15. The van der Waals surface area contributed by atoms with Gasteiger partial charge in [-0.25, -0.2) is 0 Å². The Labute approximate surface area is 155 Å². The van der Waals surface area contributed by atoms with Gasteiger partial charge in [0.25, 0.3) is 11.7 Å². The Morgan fingerprint density at radius 3 is 2.37 bits per heavy atom. The summed E-state index contributed by atoms with van der Waals surface area (Å²) in [6.07, 6.45) is -3.51. The molecular formula is C18H11F5N2OS. The number of alkyl halides is 5. The molecule has 0 saturated heterocycles. The number of halogens is 5. The second kappa shape index (κ2) is 8.68. The Balaban J connectivity index is 2.16. The van der Waals surface area contributed by atoms with Gasteiger partial charge in [-0.2, -0.15) is 27.2 Å². The Bertz CT molecular complexity index is 886. The fraction of sp³-hybridized carbons (Fsp3) is 0.111. The molecule has 0 radical (unpaired) electrons. The zero-order valence-corrected chi connectivity index (χ0v) is 14.2. The van der Waals surface area contributed by atoms with Gasteiger partial charge in [-0.1, -0.05) is 23.9 Å². The molecule has 1 N–H and O–H groups in total. The Morgan fingerprint density at radius 1 is 1.15 bits per heavy atom. The summed E-state index contributed by atoms with van der Waals surface area (Å²) in [5.41, 5.74) is -1.01. The Kier molecular flexibility index (Phi) is 6.58. The average Bonchev–Trinajstić information content (AvgIpc) is 2.60. The van der Waals surface area contributed by atoms with E-state index in [4.69, 9.17) is 5.26 Å². The number of thioether (sulfide) groups is 1. The molecule has 0 unspecified atom stereocenters. The molecule has 0 saturated carbocycles. The number of hydrogen-bond acceptors (Lipinski definition) is 3. The molecule has 0 aliphatic heterocycles. The third-order valence-electron chi connectivity index (χ3n) is 3.23. The summed E-state index contributed by atoms with van der Waals surface area (Å²) in [5.74, 6) is -3.41. The molecular weight excluding hydrogens is 387 g/mol. The van der Waals surface area contributed by atoms with Gasteiger partial charge in [-0.15, -0.1) is 0 Å². The van der Waals surface area contributed by atoms with Crippen LogP contribution in [0.2, 0.25) is 0 Å². The summed E-state index contributed by atoms with van der Waals surface area (Å²) < 4.78 is 62.7. The van der Waals surface area contributed by atoms with Crippen LogP contribution in [-0.2, 0) is 11.0 Å². The van der Waals surface area contributed by atoms with E-state index in [-0.39, 0.29) is 11.3 Å². The molecule has 3 nitrogen and oxygen atoms in total. The van der Waals surface area contributed by atoms with Crippen LogP contribution in [0.15, 0.2) is 59.0 Å². The molecule has 0 aliphatic carbocycles. The van der Waals surface area contributed by atoms with Crippen LogP contribution in [0, 0.1) is 11.3 Å². The van der Waals surface area contributed by atoms with Gasteiger partial charge in [-0.3, -0.25) is 4.79 Å². The van der Waals surface area contributed by atoms with Crippen LogP contribution < -0.4 is 5.32 Å². The molecule has 9 heteroatoms. The minimum absolute atomic E-state index is 0.0419. The van der Waals surface area contributed by atoms with Crippen molar-refractivity contribution in [1.82, 2.24) is 0 Å². The van der Waals surface area contributed by atoms with Gasteiger partial charge in [0.2, 0.25) is 0 Å². The number of rotatable bonds is 5. The van der Waals surface area contributed by atoms with E-state index in [9.17, 15) is 26.7 Å². The summed E-state index contributed by atoms with van der Waals surface area (Å²) in [4.78, 5) is 12.4. The predicted molar refractivity (Wildman–Crippen MR) is 92.0 cm³/mol. The molecule has 0 fully saturated rings. The van der Waals surface area contributed by atoms with Crippen LogP contribution in [0.5, 0.6) is 0 Å². The smallest absolute Gasteiger partial charge is 0.321 e. The highest BCUT2D eigenvalue weighted by Crippen LogP contribution is 2.30. The van der Waals surface area contributed by atoms with E-state index < -0.39 is 29.0 Å². The summed E-state index contributed by atoms with van der Waals surface area (Å²) in [6.45, 7) is 0. The molecule has 2 aromatic carbocycles. The number of hydrogen-bond donors (Lipinski definition) is 1. The maximum absolute atomic E-state index is 12.7. The minimum Gasteiger partial charge on any atom is -0.321 e. The third-order valence-corrected chi connectivity index (χ3v) is 3.95. The van der Waals surface area contributed by atoms with Crippen molar-refractivity contribution < 1.29 is 26.7 Å². The maximum atomic E-state index is 12.7. The molecule has 140 valence electrons. The van der Waals surface area contributed by atoms with E-state index >= 15 is 0 Å². The van der Waals surface area contributed by atoms with E-state index in [0.717, 1.165) is 18.2 Å². The van der Waals surface area contributed by atoms with Crippen molar-refractivity contribution in [2.75, 3.05) is 5.32 Å². The van der Waals surface area contributed by atoms with Crippen LogP contribution in [-0.4, -0.2) is 11.7 Å². The van der Waals surface area contributed by atoms with E-state index in [0.29, 0.717) is 16.7 Å². The average molecular weight is 398 g/mol. The van der Waals surface area contributed by atoms with E-state index in [2.05, 4.69) is 5.32 Å². The van der Waals surface area contributed by atoms with Crippen molar-refractivity contribution in [3.8, 4) is 6.07 Å². The number of carbonyl (C=O) groups is 1. The van der Waals surface area contributed by atoms with E-state index in [1.54, 1.807) is 6.07 Å². The first kappa shape index (κ1) is 20.5. The minimum atomic E-state index is -4.54. The molecule has 2 rings (SSSR count). The van der Waals surface area contributed by atoms with Gasteiger partial charge in [0.15, 0.2) is 0 Å². The van der Waals surface area contributed by atoms with E-state index in [1.807, 2.05) is 0 Å². The molecule has 0 atom stereocenters. The summed E-state index contributed by atoms with van der Waals surface area (Å²) in [6, 6.07) is 11.3. The molecule has 0 heterocycles. The van der Waals surface area contributed by atoms with Gasteiger partial charge in [0.05, 0.1) is 5.56 Å². The zero-order chi connectivity index (χ0) is 20.0. The summed E-state index contributed by atoms with van der Waals surface area (Å²) >= 11 is 0.340. The fourth-order valence-electron chi connectivity index (χ4n) is 2.04. The molecule has 0 aromatic heterocycles. The van der Waals surface area contributed by atoms with Crippen LogP contribution >= 0.6 is 11.8 Å². The maximum Gasteiger partial charge on any atom is 0.416 e. The number of carbonyl (C=O) groups excluding carboxylic acids is 1. The standard InChI is InChI=1S/C18H11F5N2OS/c19-17(20)27-15-6-4-14(5-7-15)25-16(26)12(10-24)8-11-2-1-3-13(9-11)18(21,22)23/h1-9,17H,(H,25,26)/b12-8+. The topological polar surface area (TPSA) is 52.9 Å².